The molecule has 0 nitrogen and oxygen atoms in total. The Morgan fingerprint density at radius 2 is 1.03 bits per heavy atom. The maximum absolute atomic E-state index is 3.71. The van der Waals surface area contributed by atoms with Crippen molar-refractivity contribution in [3.8, 4) is 0 Å². The zero-order chi connectivity index (χ0) is 20.2. The Balaban J connectivity index is 1.86. The zero-order valence-electron chi connectivity index (χ0n) is 17.5. The van der Waals surface area contributed by atoms with Gasteiger partial charge in [-0.05, 0) is 0 Å². The summed E-state index contributed by atoms with van der Waals surface area (Å²) in [5.74, 6) is 0. The maximum atomic E-state index is 2.73. The van der Waals surface area contributed by atoms with Crippen molar-refractivity contribution < 1.29 is 17.4 Å². The second-order valence-corrected chi connectivity index (χ2v) is 35.8. The molecule has 0 N–H and O–H groups in total. The fourth-order valence-corrected chi connectivity index (χ4v) is 31.8. The van der Waals surface area contributed by atoms with E-state index in [1.807, 2.05) is 0 Å². The molecule has 0 heterocycles. The first kappa shape index (κ1) is 19.2. The molecule has 0 saturated heterocycles. The molecule has 3 aromatic carbocycles. The van der Waals surface area contributed by atoms with Crippen LogP contribution in [0.15, 0.2) is 90.0 Å². The summed E-state index contributed by atoms with van der Waals surface area (Å²) >= 11 is -3.71. The Kier molecular flexibility index (Phi) is 4.39. The van der Waals surface area contributed by atoms with Crippen molar-refractivity contribution in [2.75, 3.05) is 0 Å². The topological polar surface area (TPSA) is 0 Å². The van der Waals surface area contributed by atoms with Gasteiger partial charge in [-0.2, -0.15) is 0 Å². The van der Waals surface area contributed by atoms with Gasteiger partial charge in [0.25, 0.3) is 0 Å². The van der Waals surface area contributed by atoms with E-state index in [1.165, 1.54) is 11.1 Å². The zero-order valence-corrected chi connectivity index (χ0v) is 21.4. The van der Waals surface area contributed by atoms with E-state index >= 15 is 0 Å². The molecule has 2 aliphatic rings. The number of hydrogen-bond acceptors (Lipinski definition) is 0. The minimum absolute atomic E-state index is 0.535. The number of allylic oxidation sites excluding steroid dienone is 2. The van der Waals surface area contributed by atoms with Crippen LogP contribution in [0.2, 0.25) is 4.63 Å². The SMILES string of the molecule is CC1=Cc2ccccc2[CH]1[Zr]([CH3])(=[SiH2])([c]1ccccc1)[CH]1C(C)=Cc2ccccc21. The van der Waals surface area contributed by atoms with Crippen LogP contribution in [0.3, 0.4) is 0 Å². The van der Waals surface area contributed by atoms with Gasteiger partial charge in [-0.25, -0.2) is 0 Å². The average Bonchev–Trinajstić information content (AvgIpc) is 3.25. The standard InChI is InChI=1S/2C10H9.C6H5.CH3.H2Si.Zr/c2*1-8-6-9-4-2-3-5-10(9)7-8;1-2-4-6-5-3-1;;;/h2*2-7H,1H3;1-5H;1H3;1H2;. The molecular formula is C27H28SiZr. The van der Waals surface area contributed by atoms with Crippen LogP contribution in [-0.4, -0.2) is 6.88 Å². The van der Waals surface area contributed by atoms with Gasteiger partial charge >= 0.3 is 178 Å². The minimum atomic E-state index is -3.71. The third kappa shape index (κ3) is 2.65. The molecular weight excluding hydrogens is 444 g/mol. The predicted molar refractivity (Wildman–Crippen MR) is 126 cm³/mol. The molecule has 2 atom stereocenters. The molecule has 0 bridgehead atoms. The molecule has 0 radical (unpaired) electrons. The van der Waals surface area contributed by atoms with Gasteiger partial charge in [0.2, 0.25) is 0 Å². The van der Waals surface area contributed by atoms with Gasteiger partial charge in [0.05, 0.1) is 0 Å². The Hall–Kier alpha value is -1.76. The first-order valence-electron chi connectivity index (χ1n) is 10.6. The Labute approximate surface area is 176 Å². The summed E-state index contributed by atoms with van der Waals surface area (Å²) in [6, 6.07) is 29.7. The van der Waals surface area contributed by atoms with Crippen LogP contribution < -0.4 is 3.27 Å². The summed E-state index contributed by atoms with van der Waals surface area (Å²) in [4.78, 5) is 0. The van der Waals surface area contributed by atoms with E-state index in [0.29, 0.717) is 7.25 Å². The van der Waals surface area contributed by atoms with Crippen molar-refractivity contribution in [2.24, 2.45) is 0 Å². The number of hydrogen-bond donors (Lipinski definition) is 0. The van der Waals surface area contributed by atoms with E-state index in [9.17, 15) is 0 Å². The van der Waals surface area contributed by atoms with Crippen molar-refractivity contribution in [1.29, 1.82) is 0 Å². The van der Waals surface area contributed by atoms with Gasteiger partial charge in [-0.1, -0.05) is 0 Å². The molecule has 0 aromatic heterocycles. The van der Waals surface area contributed by atoms with Crippen LogP contribution in [0.4, 0.5) is 0 Å². The van der Waals surface area contributed by atoms with Crippen LogP contribution in [-0.2, 0) is 17.4 Å². The predicted octanol–water partition coefficient (Wildman–Crippen LogP) is 5.91. The van der Waals surface area contributed by atoms with Crippen molar-refractivity contribution in [3.63, 3.8) is 0 Å². The third-order valence-electron chi connectivity index (χ3n) is 7.50. The van der Waals surface area contributed by atoms with Crippen molar-refractivity contribution in [1.82, 2.24) is 0 Å². The molecule has 0 fully saturated rings. The summed E-state index contributed by atoms with van der Waals surface area (Å²) in [5.41, 5.74) is 9.05. The summed E-state index contributed by atoms with van der Waals surface area (Å²) in [6.07, 6.45) is 4.90. The van der Waals surface area contributed by atoms with E-state index in [0.717, 1.165) is 0 Å². The van der Waals surface area contributed by atoms with E-state index in [4.69, 9.17) is 0 Å². The van der Waals surface area contributed by atoms with Crippen LogP contribution in [0.5, 0.6) is 0 Å². The number of benzene rings is 3. The Bertz CT molecular complexity index is 1170. The molecule has 2 unspecified atom stereocenters. The van der Waals surface area contributed by atoms with E-state index in [1.54, 1.807) is 25.5 Å². The third-order valence-corrected chi connectivity index (χ3v) is 31.3. The van der Waals surface area contributed by atoms with Crippen LogP contribution >= 0.6 is 0 Å². The van der Waals surface area contributed by atoms with Crippen molar-refractivity contribution >= 4 is 22.3 Å². The summed E-state index contributed by atoms with van der Waals surface area (Å²) in [6.45, 7) is 7.17. The number of fused-ring (bicyclic) bond motifs is 2. The number of rotatable bonds is 3. The quantitative estimate of drug-likeness (QED) is 0.416. The second kappa shape index (κ2) is 6.62. The molecule has 5 rings (SSSR count). The van der Waals surface area contributed by atoms with Crippen molar-refractivity contribution in [3.05, 3.63) is 112 Å². The first-order valence-corrected chi connectivity index (χ1v) is 23.0. The average molecular weight is 472 g/mol. The summed E-state index contributed by atoms with van der Waals surface area (Å²) in [5, 5.41) is 0. The molecule has 2 heteroatoms. The first-order chi connectivity index (χ1) is 13.9. The summed E-state index contributed by atoms with van der Waals surface area (Å²) in [7, 11) is 0. The normalized spacial score (nSPS) is 20.7. The molecule has 3 aromatic rings. The van der Waals surface area contributed by atoms with Crippen LogP contribution in [0, 0.1) is 0 Å². The molecule has 0 spiro atoms. The van der Waals surface area contributed by atoms with Crippen LogP contribution in [0.1, 0.15) is 43.4 Å². The monoisotopic (exact) mass is 470 g/mol. The van der Waals surface area contributed by atoms with Gasteiger partial charge in [0, 0.05) is 0 Å². The molecule has 144 valence electrons. The Morgan fingerprint density at radius 3 is 1.52 bits per heavy atom. The van der Waals surface area contributed by atoms with Crippen LogP contribution in [0.25, 0.3) is 12.2 Å². The van der Waals surface area contributed by atoms with Gasteiger partial charge in [-0.3, -0.25) is 0 Å². The van der Waals surface area contributed by atoms with E-state index in [-0.39, 0.29) is 0 Å². The molecule has 29 heavy (non-hydrogen) atoms. The van der Waals surface area contributed by atoms with Crippen molar-refractivity contribution in [2.45, 2.75) is 25.7 Å². The van der Waals surface area contributed by atoms with Gasteiger partial charge in [0.15, 0.2) is 0 Å². The van der Waals surface area contributed by atoms with E-state index in [2.05, 4.69) is 116 Å². The van der Waals surface area contributed by atoms with Gasteiger partial charge < -0.3 is 0 Å². The van der Waals surface area contributed by atoms with E-state index < -0.39 is 17.4 Å². The Morgan fingerprint density at radius 1 is 0.621 bits per heavy atom. The molecule has 0 amide bonds. The molecule has 0 aliphatic heterocycles. The fraction of sp³-hybridized carbons (Fsp3) is 0.185. The fourth-order valence-electron chi connectivity index (χ4n) is 6.51. The molecule has 0 saturated carbocycles. The second-order valence-electron chi connectivity index (χ2n) is 9.49. The summed E-state index contributed by atoms with van der Waals surface area (Å²) < 4.78 is 5.42. The molecule has 2 aliphatic carbocycles. The van der Waals surface area contributed by atoms with Gasteiger partial charge in [0.1, 0.15) is 0 Å². The van der Waals surface area contributed by atoms with Gasteiger partial charge in [-0.15, -0.1) is 0 Å².